The topological polar surface area (TPSA) is 50.2 Å². The summed E-state index contributed by atoms with van der Waals surface area (Å²) >= 11 is 0. The molecule has 0 saturated carbocycles. The predicted octanol–water partition coefficient (Wildman–Crippen LogP) is 0.553. The third-order valence-electron chi connectivity index (χ3n) is 3.54. The third-order valence-corrected chi connectivity index (χ3v) is 3.54. The van der Waals surface area contributed by atoms with E-state index in [2.05, 4.69) is 10.4 Å². The average Bonchev–Trinajstić information content (AvgIpc) is 2.88. The van der Waals surface area contributed by atoms with E-state index in [-0.39, 0.29) is 5.91 Å². The molecule has 1 N–H and O–H groups in total. The van der Waals surface area contributed by atoms with E-state index in [1.54, 1.807) is 10.9 Å². The summed E-state index contributed by atoms with van der Waals surface area (Å²) in [5.41, 5.74) is 1.67. The Morgan fingerprint density at radius 3 is 3.00 bits per heavy atom. The molecule has 94 valence electrons. The standard InChI is InChI=1S/C12H20N4O/c1-9-11(8-14-15(9)3)12(17)16-6-4-5-10(16)7-13-2/h8,10,13H,4-7H2,1-3H3/t10-/m1/s1. The van der Waals surface area contributed by atoms with E-state index in [4.69, 9.17) is 0 Å². The minimum Gasteiger partial charge on any atom is -0.334 e. The molecule has 1 atom stereocenters. The molecule has 1 fully saturated rings. The highest BCUT2D eigenvalue weighted by molar-refractivity contribution is 5.95. The van der Waals surface area contributed by atoms with Crippen LogP contribution in [0, 0.1) is 6.92 Å². The lowest BCUT2D eigenvalue weighted by Crippen LogP contribution is -2.41. The van der Waals surface area contributed by atoms with Gasteiger partial charge in [-0.15, -0.1) is 0 Å². The number of hydrogen-bond acceptors (Lipinski definition) is 3. The lowest BCUT2D eigenvalue weighted by atomic mass is 10.2. The first kappa shape index (κ1) is 12.1. The lowest BCUT2D eigenvalue weighted by molar-refractivity contribution is 0.0736. The summed E-state index contributed by atoms with van der Waals surface area (Å²) < 4.78 is 1.75. The minimum absolute atomic E-state index is 0.119. The van der Waals surface area contributed by atoms with Gasteiger partial charge in [-0.25, -0.2) is 0 Å². The number of carbonyl (C=O) groups is 1. The maximum absolute atomic E-state index is 12.4. The van der Waals surface area contributed by atoms with Gasteiger partial charge in [-0.2, -0.15) is 5.10 Å². The minimum atomic E-state index is 0.119. The molecule has 5 nitrogen and oxygen atoms in total. The first-order valence-electron chi connectivity index (χ1n) is 6.09. The Kier molecular flexibility index (Phi) is 3.47. The number of carbonyl (C=O) groups excluding carboxylic acids is 1. The number of aromatic nitrogens is 2. The molecule has 17 heavy (non-hydrogen) atoms. The molecule has 1 aromatic heterocycles. The zero-order chi connectivity index (χ0) is 12.4. The fraction of sp³-hybridized carbons (Fsp3) is 0.667. The van der Waals surface area contributed by atoms with Gasteiger partial charge in [-0.1, -0.05) is 0 Å². The smallest absolute Gasteiger partial charge is 0.257 e. The normalized spacial score (nSPS) is 19.9. The Balaban J connectivity index is 2.17. The molecule has 0 bridgehead atoms. The SMILES string of the molecule is CNC[C@H]1CCCN1C(=O)c1cnn(C)c1C. The molecular weight excluding hydrogens is 216 g/mol. The van der Waals surface area contributed by atoms with E-state index in [0.29, 0.717) is 6.04 Å². The predicted molar refractivity (Wildman–Crippen MR) is 65.9 cm³/mol. The van der Waals surface area contributed by atoms with Crippen LogP contribution in [-0.2, 0) is 7.05 Å². The van der Waals surface area contributed by atoms with Gasteiger partial charge in [0.2, 0.25) is 0 Å². The number of aryl methyl sites for hydroxylation is 1. The second kappa shape index (κ2) is 4.87. The highest BCUT2D eigenvalue weighted by atomic mass is 16.2. The monoisotopic (exact) mass is 236 g/mol. The molecule has 0 aromatic carbocycles. The Hall–Kier alpha value is -1.36. The molecule has 1 aliphatic rings. The van der Waals surface area contributed by atoms with Gasteiger partial charge in [0.05, 0.1) is 11.8 Å². The van der Waals surface area contributed by atoms with Gasteiger partial charge in [-0.05, 0) is 26.8 Å². The molecule has 0 unspecified atom stereocenters. The van der Waals surface area contributed by atoms with Crippen LogP contribution in [0.1, 0.15) is 28.9 Å². The first-order chi connectivity index (χ1) is 8.15. The van der Waals surface area contributed by atoms with E-state index < -0.39 is 0 Å². The number of rotatable bonds is 3. The average molecular weight is 236 g/mol. The van der Waals surface area contributed by atoms with E-state index in [1.807, 2.05) is 25.9 Å². The van der Waals surface area contributed by atoms with Crippen LogP contribution in [0.4, 0.5) is 0 Å². The first-order valence-corrected chi connectivity index (χ1v) is 6.09. The highest BCUT2D eigenvalue weighted by Gasteiger charge is 2.30. The summed E-state index contributed by atoms with van der Waals surface area (Å²) in [5, 5.41) is 7.28. The third kappa shape index (κ3) is 2.20. The van der Waals surface area contributed by atoms with E-state index in [1.165, 1.54) is 0 Å². The van der Waals surface area contributed by atoms with Crippen molar-refractivity contribution < 1.29 is 4.79 Å². The number of nitrogens with zero attached hydrogens (tertiary/aromatic N) is 3. The second-order valence-electron chi connectivity index (χ2n) is 4.62. The van der Waals surface area contributed by atoms with Crippen molar-refractivity contribution >= 4 is 5.91 Å². The van der Waals surface area contributed by atoms with Gasteiger partial charge < -0.3 is 10.2 Å². The van der Waals surface area contributed by atoms with Gasteiger partial charge in [0.15, 0.2) is 0 Å². The quantitative estimate of drug-likeness (QED) is 0.834. The molecular formula is C12H20N4O. The molecule has 2 rings (SSSR count). The van der Waals surface area contributed by atoms with Gasteiger partial charge in [0.1, 0.15) is 0 Å². The van der Waals surface area contributed by atoms with Crippen LogP contribution >= 0.6 is 0 Å². The molecule has 1 aromatic rings. The summed E-state index contributed by atoms with van der Waals surface area (Å²) in [6.45, 7) is 3.66. The van der Waals surface area contributed by atoms with Gasteiger partial charge in [0.25, 0.3) is 5.91 Å². The Morgan fingerprint density at radius 1 is 1.65 bits per heavy atom. The lowest BCUT2D eigenvalue weighted by Gasteiger charge is -2.24. The summed E-state index contributed by atoms with van der Waals surface area (Å²) in [4.78, 5) is 14.4. The zero-order valence-corrected chi connectivity index (χ0v) is 10.7. The summed E-state index contributed by atoms with van der Waals surface area (Å²) in [7, 11) is 3.79. The maximum atomic E-state index is 12.4. The zero-order valence-electron chi connectivity index (χ0n) is 10.7. The van der Waals surface area contributed by atoms with Crippen molar-refractivity contribution in [1.29, 1.82) is 0 Å². The molecule has 1 aliphatic heterocycles. The Labute approximate surface area is 102 Å². The largest absolute Gasteiger partial charge is 0.334 e. The van der Waals surface area contributed by atoms with Gasteiger partial charge in [-0.3, -0.25) is 9.48 Å². The number of amides is 1. The summed E-state index contributed by atoms with van der Waals surface area (Å²) in [6.07, 6.45) is 3.86. The van der Waals surface area contributed by atoms with Crippen molar-refractivity contribution in [2.24, 2.45) is 7.05 Å². The van der Waals surface area contributed by atoms with Crippen LogP contribution < -0.4 is 5.32 Å². The molecule has 0 radical (unpaired) electrons. The fourth-order valence-corrected chi connectivity index (χ4v) is 2.41. The number of nitrogens with one attached hydrogen (secondary N) is 1. The Morgan fingerprint density at radius 2 is 2.41 bits per heavy atom. The van der Waals surface area contributed by atoms with Crippen LogP contribution in [0.2, 0.25) is 0 Å². The van der Waals surface area contributed by atoms with Crippen molar-refractivity contribution in [1.82, 2.24) is 20.0 Å². The van der Waals surface area contributed by atoms with Crippen molar-refractivity contribution in [3.63, 3.8) is 0 Å². The van der Waals surface area contributed by atoms with Crippen LogP contribution in [-0.4, -0.2) is 46.8 Å². The molecule has 0 spiro atoms. The number of likely N-dealkylation sites (N-methyl/N-ethyl adjacent to an activating group) is 1. The van der Waals surface area contributed by atoms with E-state index in [9.17, 15) is 4.79 Å². The van der Waals surface area contributed by atoms with Crippen molar-refractivity contribution in [3.8, 4) is 0 Å². The van der Waals surface area contributed by atoms with E-state index >= 15 is 0 Å². The second-order valence-corrected chi connectivity index (χ2v) is 4.62. The van der Waals surface area contributed by atoms with Gasteiger partial charge >= 0.3 is 0 Å². The van der Waals surface area contributed by atoms with E-state index in [0.717, 1.165) is 37.2 Å². The molecule has 2 heterocycles. The number of hydrogen-bond donors (Lipinski definition) is 1. The van der Waals surface area contributed by atoms with Crippen LogP contribution in [0.3, 0.4) is 0 Å². The maximum Gasteiger partial charge on any atom is 0.257 e. The Bertz CT molecular complexity index is 413. The van der Waals surface area contributed by atoms with Crippen molar-refractivity contribution in [2.45, 2.75) is 25.8 Å². The molecule has 5 heteroatoms. The van der Waals surface area contributed by atoms with Crippen LogP contribution in [0.15, 0.2) is 6.20 Å². The molecule has 1 saturated heterocycles. The molecule has 1 amide bonds. The number of likely N-dealkylation sites (tertiary alicyclic amines) is 1. The van der Waals surface area contributed by atoms with Crippen molar-refractivity contribution in [3.05, 3.63) is 17.5 Å². The van der Waals surface area contributed by atoms with Gasteiger partial charge in [0, 0.05) is 31.9 Å². The van der Waals surface area contributed by atoms with Crippen LogP contribution in [0.5, 0.6) is 0 Å². The summed E-state index contributed by atoms with van der Waals surface area (Å²) in [5.74, 6) is 0.119. The molecule has 0 aliphatic carbocycles. The highest BCUT2D eigenvalue weighted by Crippen LogP contribution is 2.20. The summed E-state index contributed by atoms with van der Waals surface area (Å²) in [6, 6.07) is 0.326. The fourth-order valence-electron chi connectivity index (χ4n) is 2.41. The van der Waals surface area contributed by atoms with Crippen molar-refractivity contribution in [2.75, 3.05) is 20.1 Å². The van der Waals surface area contributed by atoms with Crippen LogP contribution in [0.25, 0.3) is 0 Å².